The first-order valence-electron chi connectivity index (χ1n) is 7.36. The Morgan fingerprint density at radius 1 is 1.35 bits per heavy atom. The molecule has 1 unspecified atom stereocenters. The summed E-state index contributed by atoms with van der Waals surface area (Å²) in [5.41, 5.74) is 3.42. The topological polar surface area (TPSA) is 68.9 Å². The van der Waals surface area contributed by atoms with E-state index in [-0.39, 0.29) is 10.6 Å². The molecule has 1 atom stereocenters. The Kier molecular flexibility index (Phi) is 3.74. The normalized spacial score (nSPS) is 17.1. The van der Waals surface area contributed by atoms with E-state index in [2.05, 4.69) is 16.0 Å². The number of nitrogens with zero attached hydrogens (tertiary/aromatic N) is 3. The number of aryl methyl sites for hydroxylation is 1. The number of hydrogen-bond acceptors (Lipinski definition) is 6. The number of fused-ring (bicyclic) bond motifs is 2. The van der Waals surface area contributed by atoms with Gasteiger partial charge in [0, 0.05) is 18.3 Å². The molecule has 0 radical (unpaired) electrons. The van der Waals surface area contributed by atoms with E-state index in [9.17, 15) is 10.1 Å². The third-order valence-corrected chi connectivity index (χ3v) is 6.34. The number of thiazole rings is 1. The van der Waals surface area contributed by atoms with Crippen LogP contribution in [0.2, 0.25) is 0 Å². The average molecular weight is 343 g/mol. The minimum absolute atomic E-state index is 0.113. The summed E-state index contributed by atoms with van der Waals surface area (Å²) in [5.74, 6) is 0. The zero-order valence-electron chi connectivity index (χ0n) is 12.1. The molecule has 0 N–H and O–H groups in total. The van der Waals surface area contributed by atoms with Crippen LogP contribution in [0.1, 0.15) is 29.3 Å². The monoisotopic (exact) mass is 343 g/mol. The van der Waals surface area contributed by atoms with Gasteiger partial charge in [0.25, 0.3) is 5.69 Å². The van der Waals surface area contributed by atoms with Gasteiger partial charge in [-0.05, 0) is 37.0 Å². The summed E-state index contributed by atoms with van der Waals surface area (Å²) in [7, 11) is 0. The van der Waals surface area contributed by atoms with Crippen molar-refractivity contribution in [3.05, 3.63) is 57.9 Å². The lowest BCUT2D eigenvalue weighted by atomic mass is 9.96. The molecule has 1 aliphatic carbocycles. The lowest BCUT2D eigenvalue weighted by Crippen LogP contribution is -2.08. The van der Waals surface area contributed by atoms with Crippen molar-refractivity contribution in [1.82, 2.24) is 9.97 Å². The fraction of sp³-hybridized carbons (Fsp3) is 0.250. The van der Waals surface area contributed by atoms with Crippen LogP contribution in [-0.4, -0.2) is 14.9 Å². The second-order valence-electron chi connectivity index (χ2n) is 5.44. The summed E-state index contributed by atoms with van der Waals surface area (Å²) in [6.45, 7) is 0. The van der Waals surface area contributed by atoms with E-state index in [0.717, 1.165) is 39.5 Å². The number of non-ortho nitro benzene ring substituents is 1. The highest BCUT2D eigenvalue weighted by Crippen LogP contribution is 2.44. The molecule has 1 aliphatic rings. The molecule has 0 bridgehead atoms. The lowest BCUT2D eigenvalue weighted by Gasteiger charge is -2.22. The fourth-order valence-corrected chi connectivity index (χ4v) is 5.40. The molecule has 0 spiro atoms. The van der Waals surface area contributed by atoms with Gasteiger partial charge in [0.1, 0.15) is 0 Å². The lowest BCUT2D eigenvalue weighted by molar-refractivity contribution is -0.384. The summed E-state index contributed by atoms with van der Waals surface area (Å²) in [6, 6.07) is 8.97. The Balaban J connectivity index is 1.65. The Labute approximate surface area is 140 Å². The highest BCUT2D eigenvalue weighted by atomic mass is 32.2. The zero-order valence-corrected chi connectivity index (χ0v) is 13.8. The van der Waals surface area contributed by atoms with Crippen molar-refractivity contribution in [3.63, 3.8) is 0 Å². The van der Waals surface area contributed by atoms with Crippen molar-refractivity contribution < 1.29 is 4.92 Å². The molecule has 2 aromatic heterocycles. The van der Waals surface area contributed by atoms with Crippen molar-refractivity contribution in [2.75, 3.05) is 0 Å². The van der Waals surface area contributed by atoms with E-state index in [4.69, 9.17) is 0 Å². The summed E-state index contributed by atoms with van der Waals surface area (Å²) < 4.78 is 1.81. The van der Waals surface area contributed by atoms with E-state index in [0.29, 0.717) is 5.25 Å². The van der Waals surface area contributed by atoms with Crippen LogP contribution in [0.4, 0.5) is 5.69 Å². The third kappa shape index (κ3) is 2.82. The van der Waals surface area contributed by atoms with Crippen LogP contribution in [0, 0.1) is 10.1 Å². The van der Waals surface area contributed by atoms with Gasteiger partial charge < -0.3 is 0 Å². The van der Waals surface area contributed by atoms with Gasteiger partial charge in [0.2, 0.25) is 0 Å². The number of nitro benzene ring substituents is 1. The van der Waals surface area contributed by atoms with E-state index < -0.39 is 0 Å². The molecule has 23 heavy (non-hydrogen) atoms. The van der Waals surface area contributed by atoms with Crippen LogP contribution in [0.25, 0.3) is 10.2 Å². The van der Waals surface area contributed by atoms with E-state index in [1.165, 1.54) is 23.0 Å². The summed E-state index contributed by atoms with van der Waals surface area (Å²) in [4.78, 5) is 19.7. The molecule has 5 nitrogen and oxygen atoms in total. The number of hydrogen-bond donors (Lipinski definition) is 0. The minimum atomic E-state index is -0.368. The molecular weight excluding hydrogens is 330 g/mol. The molecular formula is C16H13N3O2S2. The van der Waals surface area contributed by atoms with Gasteiger partial charge in [0.15, 0.2) is 4.34 Å². The second kappa shape index (κ2) is 5.90. The summed E-state index contributed by atoms with van der Waals surface area (Å²) in [5, 5.41) is 11.2. The number of pyridine rings is 1. The van der Waals surface area contributed by atoms with Crippen LogP contribution in [-0.2, 0) is 6.42 Å². The molecule has 116 valence electrons. The molecule has 3 aromatic rings. The fourth-order valence-electron chi connectivity index (χ4n) is 2.86. The Bertz CT molecular complexity index is 894. The van der Waals surface area contributed by atoms with Gasteiger partial charge in [-0.25, -0.2) is 4.98 Å². The molecule has 7 heteroatoms. The molecule has 1 aromatic carbocycles. The molecule has 2 heterocycles. The predicted molar refractivity (Wildman–Crippen MR) is 92.0 cm³/mol. The van der Waals surface area contributed by atoms with Gasteiger partial charge in [0.05, 0.1) is 26.1 Å². The van der Waals surface area contributed by atoms with Crippen LogP contribution >= 0.6 is 23.1 Å². The molecule has 0 saturated carbocycles. The largest absolute Gasteiger partial charge is 0.270 e. The quantitative estimate of drug-likeness (QED) is 0.506. The predicted octanol–water partition coefficient (Wildman–Crippen LogP) is 4.77. The molecule has 0 saturated heterocycles. The molecule has 0 aliphatic heterocycles. The standard InChI is InChI=1S/C16H13N3O2S2/c20-19(21)11-6-7-12-14(9-11)23-16(18-12)22-13-5-1-3-10-4-2-8-17-15(10)13/h2,4,6-9,13H,1,3,5H2. The highest BCUT2D eigenvalue weighted by Gasteiger charge is 2.23. The van der Waals surface area contributed by atoms with E-state index in [1.54, 1.807) is 23.9 Å². The highest BCUT2D eigenvalue weighted by molar-refractivity contribution is 8.01. The van der Waals surface area contributed by atoms with Crippen LogP contribution < -0.4 is 0 Å². The second-order valence-corrected chi connectivity index (χ2v) is 7.92. The number of nitro groups is 1. The smallest absolute Gasteiger partial charge is 0.260 e. The average Bonchev–Trinajstić information content (AvgIpc) is 2.96. The van der Waals surface area contributed by atoms with Gasteiger partial charge in [-0.3, -0.25) is 15.1 Å². The Hall–Kier alpha value is -1.99. The van der Waals surface area contributed by atoms with Gasteiger partial charge in [-0.15, -0.1) is 11.3 Å². The zero-order chi connectivity index (χ0) is 15.8. The van der Waals surface area contributed by atoms with E-state index in [1.807, 2.05) is 12.3 Å². The summed E-state index contributed by atoms with van der Waals surface area (Å²) in [6.07, 6.45) is 5.18. The number of aromatic nitrogens is 2. The van der Waals surface area contributed by atoms with Crippen molar-refractivity contribution in [2.45, 2.75) is 28.9 Å². The summed E-state index contributed by atoms with van der Waals surface area (Å²) >= 11 is 3.24. The van der Waals surface area contributed by atoms with Crippen LogP contribution in [0.15, 0.2) is 40.9 Å². The molecule has 0 fully saturated rings. The third-order valence-electron chi connectivity index (χ3n) is 3.95. The van der Waals surface area contributed by atoms with Crippen molar-refractivity contribution in [1.29, 1.82) is 0 Å². The first-order chi connectivity index (χ1) is 11.2. The first-order valence-corrected chi connectivity index (χ1v) is 9.06. The Morgan fingerprint density at radius 3 is 3.13 bits per heavy atom. The van der Waals surface area contributed by atoms with Crippen LogP contribution in [0.5, 0.6) is 0 Å². The SMILES string of the molecule is O=[N+]([O-])c1ccc2nc(SC3CCCc4cccnc43)sc2c1. The first kappa shape index (κ1) is 14.6. The maximum absolute atomic E-state index is 10.9. The molecule has 4 rings (SSSR count). The van der Waals surface area contributed by atoms with Crippen molar-refractivity contribution in [3.8, 4) is 0 Å². The molecule has 0 amide bonds. The Morgan fingerprint density at radius 2 is 2.26 bits per heavy atom. The number of thioether (sulfide) groups is 1. The maximum atomic E-state index is 10.9. The van der Waals surface area contributed by atoms with Gasteiger partial charge >= 0.3 is 0 Å². The van der Waals surface area contributed by atoms with Crippen molar-refractivity contribution in [2.24, 2.45) is 0 Å². The van der Waals surface area contributed by atoms with Crippen molar-refractivity contribution >= 4 is 39.0 Å². The number of rotatable bonds is 3. The number of benzene rings is 1. The van der Waals surface area contributed by atoms with Gasteiger partial charge in [-0.1, -0.05) is 17.8 Å². The maximum Gasteiger partial charge on any atom is 0.270 e. The van der Waals surface area contributed by atoms with Gasteiger partial charge in [-0.2, -0.15) is 0 Å². The van der Waals surface area contributed by atoms with Crippen LogP contribution in [0.3, 0.4) is 0 Å². The minimum Gasteiger partial charge on any atom is -0.260 e. The van der Waals surface area contributed by atoms with E-state index >= 15 is 0 Å².